The third-order valence-electron chi connectivity index (χ3n) is 3.54. The Kier molecular flexibility index (Phi) is 5.36. The van der Waals surface area contributed by atoms with E-state index in [1.807, 2.05) is 0 Å². The highest BCUT2D eigenvalue weighted by Crippen LogP contribution is 2.37. The van der Waals surface area contributed by atoms with Gasteiger partial charge in [-0.15, -0.1) is 0 Å². The fraction of sp³-hybridized carbons (Fsp3) is 0.176. The average molecular weight is 373 g/mol. The van der Waals surface area contributed by atoms with Crippen molar-refractivity contribution in [3.05, 3.63) is 52.1 Å². The molecule has 0 atom stereocenters. The number of benzene rings is 2. The third kappa shape index (κ3) is 4.42. The van der Waals surface area contributed by atoms with Crippen LogP contribution in [0.2, 0.25) is 0 Å². The average Bonchev–Trinajstić information content (AvgIpc) is 3.13. The number of nitro benzene ring substituents is 1. The number of nitrogens with one attached hydrogen (secondary N) is 1. The number of methoxy groups -OCH3 is 1. The monoisotopic (exact) mass is 373 g/mol. The van der Waals surface area contributed by atoms with Gasteiger partial charge in [0.1, 0.15) is 11.5 Å². The smallest absolute Gasteiger partial charge is 0.282 e. The first-order chi connectivity index (χ1) is 13.1. The van der Waals surface area contributed by atoms with Crippen molar-refractivity contribution < 1.29 is 28.7 Å². The third-order valence-corrected chi connectivity index (χ3v) is 3.54. The Morgan fingerprint density at radius 1 is 1.26 bits per heavy atom. The van der Waals surface area contributed by atoms with Crippen LogP contribution in [0.4, 0.5) is 5.69 Å². The Balaban J connectivity index is 1.58. The van der Waals surface area contributed by atoms with Gasteiger partial charge in [-0.1, -0.05) is 0 Å². The number of nitro groups is 1. The summed E-state index contributed by atoms with van der Waals surface area (Å²) in [7, 11) is 1.55. The molecule has 2 aromatic carbocycles. The second kappa shape index (κ2) is 8.04. The number of amides is 1. The first-order valence-corrected chi connectivity index (χ1v) is 7.73. The first-order valence-electron chi connectivity index (χ1n) is 7.73. The number of carbonyl (C=O) groups excluding carboxylic acids is 1. The van der Waals surface area contributed by atoms with Crippen LogP contribution in [0.25, 0.3) is 0 Å². The van der Waals surface area contributed by atoms with Crippen molar-refractivity contribution in [2.45, 2.75) is 0 Å². The number of hydrogen-bond acceptors (Lipinski definition) is 8. The van der Waals surface area contributed by atoms with Gasteiger partial charge in [0, 0.05) is 0 Å². The van der Waals surface area contributed by atoms with Crippen molar-refractivity contribution in [3.8, 4) is 23.0 Å². The van der Waals surface area contributed by atoms with Crippen LogP contribution in [0.15, 0.2) is 41.5 Å². The van der Waals surface area contributed by atoms with Gasteiger partial charge in [0.05, 0.1) is 29.9 Å². The molecule has 0 radical (unpaired) electrons. The van der Waals surface area contributed by atoms with E-state index < -0.39 is 10.8 Å². The largest absolute Gasteiger partial charge is 0.497 e. The zero-order chi connectivity index (χ0) is 19.2. The predicted octanol–water partition coefficient (Wildman–Crippen LogP) is 1.86. The van der Waals surface area contributed by atoms with E-state index in [1.165, 1.54) is 12.1 Å². The van der Waals surface area contributed by atoms with Crippen LogP contribution in [0, 0.1) is 10.1 Å². The van der Waals surface area contributed by atoms with Crippen molar-refractivity contribution in [2.75, 3.05) is 20.5 Å². The maximum Gasteiger partial charge on any atom is 0.282 e. The van der Waals surface area contributed by atoms with E-state index >= 15 is 0 Å². The Morgan fingerprint density at radius 3 is 2.59 bits per heavy atom. The molecular weight excluding hydrogens is 358 g/mol. The van der Waals surface area contributed by atoms with Gasteiger partial charge in [-0.2, -0.15) is 5.10 Å². The molecule has 0 bridgehead atoms. The molecule has 0 saturated carbocycles. The molecular formula is C17H15N3O7. The van der Waals surface area contributed by atoms with Crippen LogP contribution >= 0.6 is 0 Å². The molecule has 0 fully saturated rings. The van der Waals surface area contributed by atoms with Gasteiger partial charge in [0.25, 0.3) is 11.6 Å². The summed E-state index contributed by atoms with van der Waals surface area (Å²) in [6.45, 7) is -0.278. The highest BCUT2D eigenvalue weighted by molar-refractivity contribution is 5.88. The van der Waals surface area contributed by atoms with Crippen LogP contribution in [0.5, 0.6) is 23.0 Å². The van der Waals surface area contributed by atoms with E-state index in [2.05, 4.69) is 10.5 Å². The molecule has 1 N–H and O–H groups in total. The molecule has 10 heteroatoms. The van der Waals surface area contributed by atoms with Gasteiger partial charge < -0.3 is 18.9 Å². The molecule has 10 nitrogen and oxygen atoms in total. The zero-order valence-corrected chi connectivity index (χ0v) is 14.2. The summed E-state index contributed by atoms with van der Waals surface area (Å²) in [5.74, 6) is 1.29. The molecule has 27 heavy (non-hydrogen) atoms. The van der Waals surface area contributed by atoms with Crippen molar-refractivity contribution >= 4 is 17.8 Å². The molecule has 1 aliphatic rings. The minimum absolute atomic E-state index is 0.00742. The van der Waals surface area contributed by atoms with E-state index in [1.54, 1.807) is 31.4 Å². The molecule has 0 aromatic heterocycles. The Hall–Kier alpha value is -3.82. The summed E-state index contributed by atoms with van der Waals surface area (Å²) in [4.78, 5) is 22.4. The maximum atomic E-state index is 11.8. The number of ether oxygens (including phenoxy) is 4. The lowest BCUT2D eigenvalue weighted by molar-refractivity contribution is -0.385. The lowest BCUT2D eigenvalue weighted by atomic mass is 10.1. The quantitative estimate of drug-likeness (QED) is 0.446. The minimum Gasteiger partial charge on any atom is -0.497 e. The van der Waals surface area contributed by atoms with Gasteiger partial charge in [-0.05, 0) is 30.3 Å². The maximum absolute atomic E-state index is 11.8. The summed E-state index contributed by atoms with van der Waals surface area (Å²) in [5, 5.41) is 14.9. The van der Waals surface area contributed by atoms with Gasteiger partial charge >= 0.3 is 0 Å². The number of hydrogen-bond donors (Lipinski definition) is 1. The van der Waals surface area contributed by atoms with Gasteiger partial charge in [-0.3, -0.25) is 14.9 Å². The van der Waals surface area contributed by atoms with Crippen molar-refractivity contribution in [1.29, 1.82) is 0 Å². The van der Waals surface area contributed by atoms with Crippen LogP contribution in [0.1, 0.15) is 5.56 Å². The Labute approximate surface area is 153 Å². The number of nitrogens with zero attached hydrogens (tertiary/aromatic N) is 2. The van der Waals surface area contributed by atoms with Crippen LogP contribution in [-0.4, -0.2) is 37.6 Å². The highest BCUT2D eigenvalue weighted by atomic mass is 16.7. The van der Waals surface area contributed by atoms with Crippen molar-refractivity contribution in [2.24, 2.45) is 5.10 Å². The molecule has 3 rings (SSSR count). The molecule has 2 aromatic rings. The second-order valence-electron chi connectivity index (χ2n) is 5.28. The van der Waals surface area contributed by atoms with Gasteiger partial charge in [0.15, 0.2) is 18.1 Å². The minimum atomic E-state index is -0.572. The number of carbonyl (C=O) groups is 1. The summed E-state index contributed by atoms with van der Waals surface area (Å²) in [6, 6.07) is 9.38. The van der Waals surface area contributed by atoms with Crippen molar-refractivity contribution in [3.63, 3.8) is 0 Å². The molecule has 0 saturated heterocycles. The summed E-state index contributed by atoms with van der Waals surface area (Å²) in [5.41, 5.74) is 2.20. The van der Waals surface area contributed by atoms with E-state index in [9.17, 15) is 14.9 Å². The standard InChI is InChI=1S/C17H15N3O7/c1-24-12-2-4-13(5-3-12)25-9-17(21)19-18-8-11-6-15-16(27-10-26-15)7-14(11)20(22)23/h2-8H,9-10H2,1H3,(H,19,21)/b18-8-. The number of rotatable bonds is 7. The number of hydrazone groups is 1. The van der Waals surface area contributed by atoms with Crippen LogP contribution in [-0.2, 0) is 4.79 Å². The molecule has 1 heterocycles. The molecule has 140 valence electrons. The predicted molar refractivity (Wildman–Crippen MR) is 93.4 cm³/mol. The first kappa shape index (κ1) is 18.0. The molecule has 0 aliphatic carbocycles. The second-order valence-corrected chi connectivity index (χ2v) is 5.28. The normalized spacial score (nSPS) is 12.0. The van der Waals surface area contributed by atoms with E-state index in [0.717, 1.165) is 6.21 Å². The van der Waals surface area contributed by atoms with E-state index in [4.69, 9.17) is 18.9 Å². The fourth-order valence-electron chi connectivity index (χ4n) is 2.24. The highest BCUT2D eigenvalue weighted by Gasteiger charge is 2.22. The lowest BCUT2D eigenvalue weighted by Crippen LogP contribution is -2.24. The van der Waals surface area contributed by atoms with Crippen molar-refractivity contribution in [1.82, 2.24) is 5.43 Å². The van der Waals surface area contributed by atoms with E-state index in [-0.39, 0.29) is 30.4 Å². The topological polar surface area (TPSA) is 122 Å². The lowest BCUT2D eigenvalue weighted by Gasteiger charge is -2.06. The molecule has 0 unspecified atom stereocenters. The van der Waals surface area contributed by atoms with Gasteiger partial charge in [-0.25, -0.2) is 5.43 Å². The fourth-order valence-corrected chi connectivity index (χ4v) is 2.24. The summed E-state index contributed by atoms with van der Waals surface area (Å²) in [6.07, 6.45) is 1.16. The van der Waals surface area contributed by atoms with Gasteiger partial charge in [0.2, 0.25) is 6.79 Å². The van der Waals surface area contributed by atoms with Crippen LogP contribution in [0.3, 0.4) is 0 Å². The SMILES string of the molecule is COc1ccc(OCC(=O)N/N=C\c2cc3c(cc2[N+](=O)[O-])OCO3)cc1. The number of fused-ring (bicyclic) bond motifs is 1. The molecule has 1 aliphatic heterocycles. The zero-order valence-electron chi connectivity index (χ0n) is 14.2. The summed E-state index contributed by atoms with van der Waals surface area (Å²) >= 11 is 0. The Bertz CT molecular complexity index is 881. The molecule has 0 spiro atoms. The Morgan fingerprint density at radius 2 is 1.93 bits per heavy atom. The summed E-state index contributed by atoms with van der Waals surface area (Å²) < 4.78 is 20.6. The van der Waals surface area contributed by atoms with E-state index in [0.29, 0.717) is 17.2 Å². The van der Waals surface area contributed by atoms with Crippen LogP contribution < -0.4 is 24.4 Å². The molecule has 1 amide bonds.